The fourth-order valence-corrected chi connectivity index (χ4v) is 3.22. The first-order chi connectivity index (χ1) is 11.4. The molecule has 0 aliphatic heterocycles. The number of nitro groups is 1. The zero-order valence-corrected chi connectivity index (χ0v) is 14.8. The number of nitrogens with one attached hydrogen (secondary N) is 1. The minimum absolute atomic E-state index is 0.0737. The van der Waals surface area contributed by atoms with Crippen LogP contribution in [0.5, 0.6) is 0 Å². The lowest BCUT2D eigenvalue weighted by Crippen LogP contribution is -2.16. The van der Waals surface area contributed by atoms with E-state index in [9.17, 15) is 14.9 Å². The maximum atomic E-state index is 12.2. The van der Waals surface area contributed by atoms with Crippen LogP contribution >= 0.6 is 11.8 Å². The molecule has 0 fully saturated rings. The van der Waals surface area contributed by atoms with Crippen molar-refractivity contribution in [2.45, 2.75) is 26.5 Å². The van der Waals surface area contributed by atoms with Gasteiger partial charge < -0.3 is 5.32 Å². The van der Waals surface area contributed by atoms with Crippen LogP contribution in [-0.4, -0.2) is 16.6 Å². The predicted molar refractivity (Wildman–Crippen MR) is 98.5 cm³/mol. The van der Waals surface area contributed by atoms with Crippen LogP contribution in [0, 0.1) is 30.9 Å². The van der Waals surface area contributed by atoms with Gasteiger partial charge in [0.05, 0.1) is 10.7 Å². The third-order valence-electron chi connectivity index (χ3n) is 3.93. The van der Waals surface area contributed by atoms with Gasteiger partial charge in [-0.1, -0.05) is 30.3 Å². The van der Waals surface area contributed by atoms with E-state index in [-0.39, 0.29) is 17.3 Å². The molecule has 0 aliphatic rings. The highest BCUT2D eigenvalue weighted by Gasteiger charge is 2.19. The van der Waals surface area contributed by atoms with Crippen molar-refractivity contribution in [3.05, 3.63) is 68.8 Å². The van der Waals surface area contributed by atoms with Crippen LogP contribution in [0.15, 0.2) is 36.4 Å². The van der Waals surface area contributed by atoms with Crippen molar-refractivity contribution in [3.63, 3.8) is 0 Å². The first-order valence-electron chi connectivity index (χ1n) is 7.57. The van der Waals surface area contributed by atoms with Gasteiger partial charge in [0.1, 0.15) is 5.69 Å². The maximum absolute atomic E-state index is 12.2. The molecule has 1 amide bonds. The molecule has 0 saturated carbocycles. The van der Waals surface area contributed by atoms with Gasteiger partial charge in [-0.3, -0.25) is 14.9 Å². The number of nitro benzene ring substituents is 1. The lowest BCUT2D eigenvalue weighted by atomic mass is 10.1. The summed E-state index contributed by atoms with van der Waals surface area (Å²) in [5.41, 5.74) is 4.23. The third kappa shape index (κ3) is 4.35. The molecule has 126 valence electrons. The van der Waals surface area contributed by atoms with Crippen molar-refractivity contribution in [2.75, 3.05) is 11.1 Å². The largest absolute Gasteiger partial charge is 0.319 e. The van der Waals surface area contributed by atoms with Gasteiger partial charge in [0.25, 0.3) is 5.69 Å². The number of benzene rings is 2. The van der Waals surface area contributed by atoms with E-state index in [1.807, 2.05) is 38.1 Å². The smallest absolute Gasteiger partial charge is 0.293 e. The van der Waals surface area contributed by atoms with Crippen molar-refractivity contribution >= 4 is 29.0 Å². The van der Waals surface area contributed by atoms with Crippen LogP contribution in [-0.2, 0) is 10.5 Å². The Morgan fingerprint density at radius 3 is 2.50 bits per heavy atom. The van der Waals surface area contributed by atoms with Gasteiger partial charge in [0.2, 0.25) is 5.91 Å². The van der Waals surface area contributed by atoms with Gasteiger partial charge in [-0.05, 0) is 43.0 Å². The van der Waals surface area contributed by atoms with E-state index in [1.165, 1.54) is 29.0 Å². The Bertz CT molecular complexity index is 775. The number of rotatable bonds is 6. The van der Waals surface area contributed by atoms with Crippen LogP contribution in [0.2, 0.25) is 0 Å². The van der Waals surface area contributed by atoms with Crippen molar-refractivity contribution in [2.24, 2.45) is 0 Å². The van der Waals surface area contributed by atoms with Gasteiger partial charge in [-0.2, -0.15) is 0 Å². The number of carbonyl (C=O) groups excluding carboxylic acids is 1. The van der Waals surface area contributed by atoms with Gasteiger partial charge >= 0.3 is 0 Å². The van der Waals surface area contributed by atoms with E-state index >= 15 is 0 Å². The highest BCUT2D eigenvalue weighted by Crippen LogP contribution is 2.30. The Hall–Kier alpha value is -2.34. The second-order valence-electron chi connectivity index (χ2n) is 5.63. The van der Waals surface area contributed by atoms with Gasteiger partial charge in [0, 0.05) is 11.8 Å². The molecule has 2 aromatic rings. The lowest BCUT2D eigenvalue weighted by molar-refractivity contribution is -0.384. The third-order valence-corrected chi connectivity index (χ3v) is 4.91. The summed E-state index contributed by atoms with van der Waals surface area (Å²) in [7, 11) is 0. The van der Waals surface area contributed by atoms with Crippen molar-refractivity contribution in [3.8, 4) is 0 Å². The Morgan fingerprint density at radius 1 is 1.12 bits per heavy atom. The molecule has 1 N–H and O–H groups in total. The van der Waals surface area contributed by atoms with Gasteiger partial charge in [0.15, 0.2) is 0 Å². The molecule has 0 radical (unpaired) electrons. The van der Waals surface area contributed by atoms with Crippen molar-refractivity contribution in [1.82, 2.24) is 0 Å². The molecule has 0 bridgehead atoms. The first kappa shape index (κ1) is 18.0. The lowest BCUT2D eigenvalue weighted by Gasteiger charge is -2.11. The van der Waals surface area contributed by atoms with Crippen LogP contribution in [0.4, 0.5) is 11.4 Å². The Morgan fingerprint density at radius 2 is 1.83 bits per heavy atom. The summed E-state index contributed by atoms with van der Waals surface area (Å²) in [4.78, 5) is 22.9. The topological polar surface area (TPSA) is 72.2 Å². The molecule has 6 heteroatoms. The van der Waals surface area contributed by atoms with E-state index < -0.39 is 4.92 Å². The number of aryl methyl sites for hydroxylation is 2. The van der Waals surface area contributed by atoms with E-state index in [2.05, 4.69) is 5.32 Å². The van der Waals surface area contributed by atoms with Crippen LogP contribution in [0.3, 0.4) is 0 Å². The Labute approximate surface area is 145 Å². The normalized spacial score (nSPS) is 10.5. The number of nitrogens with zero attached hydrogens (tertiary/aromatic N) is 1. The average molecular weight is 344 g/mol. The summed E-state index contributed by atoms with van der Waals surface area (Å²) in [5, 5.41) is 13.9. The fourth-order valence-electron chi connectivity index (χ4n) is 2.31. The minimum Gasteiger partial charge on any atom is -0.319 e. The fraction of sp³-hybridized carbons (Fsp3) is 0.278. The molecular formula is C18H20N2O3S. The molecule has 2 aromatic carbocycles. The zero-order valence-electron chi connectivity index (χ0n) is 14.0. The second-order valence-corrected chi connectivity index (χ2v) is 6.61. The van der Waals surface area contributed by atoms with Crippen molar-refractivity contribution in [1.29, 1.82) is 0 Å². The number of thioether (sulfide) groups is 1. The summed E-state index contributed by atoms with van der Waals surface area (Å²) in [5.74, 6) is 0.749. The number of hydrogen-bond acceptors (Lipinski definition) is 4. The second kappa shape index (κ2) is 7.97. The molecule has 0 unspecified atom stereocenters. The number of amides is 1. The van der Waals surface area contributed by atoms with Gasteiger partial charge in [-0.15, -0.1) is 11.8 Å². The number of anilines is 1. The predicted octanol–water partition coefficient (Wildman–Crippen LogP) is 4.39. The summed E-state index contributed by atoms with van der Waals surface area (Å²) in [6, 6.07) is 11.2. The highest BCUT2D eigenvalue weighted by atomic mass is 32.2. The SMILES string of the molecule is Cc1ccccc1CSCC(=O)Nc1c([N+](=O)[O-])ccc(C)c1C. The van der Waals surface area contributed by atoms with Gasteiger partial charge in [-0.25, -0.2) is 0 Å². The molecule has 0 aromatic heterocycles. The van der Waals surface area contributed by atoms with Crippen molar-refractivity contribution < 1.29 is 9.72 Å². The molecule has 2 rings (SSSR count). The molecule has 0 spiro atoms. The molecule has 0 aliphatic carbocycles. The van der Waals surface area contributed by atoms with E-state index in [0.717, 1.165) is 16.9 Å². The monoisotopic (exact) mass is 344 g/mol. The summed E-state index contributed by atoms with van der Waals surface area (Å²) < 4.78 is 0. The quantitative estimate of drug-likeness (QED) is 0.623. The summed E-state index contributed by atoms with van der Waals surface area (Å²) >= 11 is 1.49. The minimum atomic E-state index is -0.470. The summed E-state index contributed by atoms with van der Waals surface area (Å²) in [6.07, 6.45) is 0. The Kier molecular flexibility index (Phi) is 5.98. The number of carbonyl (C=O) groups is 1. The molecule has 0 saturated heterocycles. The average Bonchev–Trinajstić information content (AvgIpc) is 2.53. The van der Waals surface area contributed by atoms with Crippen LogP contribution in [0.1, 0.15) is 22.3 Å². The highest BCUT2D eigenvalue weighted by molar-refractivity contribution is 7.99. The van der Waals surface area contributed by atoms with E-state index in [1.54, 1.807) is 13.0 Å². The molecule has 5 nitrogen and oxygen atoms in total. The molecule has 0 atom stereocenters. The van der Waals surface area contributed by atoms with E-state index in [0.29, 0.717) is 5.69 Å². The first-order valence-corrected chi connectivity index (χ1v) is 8.72. The zero-order chi connectivity index (χ0) is 17.7. The molecular weight excluding hydrogens is 324 g/mol. The molecule has 24 heavy (non-hydrogen) atoms. The standard InChI is InChI=1S/C18H20N2O3S/c1-12-8-9-16(20(22)23)18(14(12)3)19-17(21)11-24-10-15-7-5-4-6-13(15)2/h4-9H,10-11H2,1-3H3,(H,19,21). The maximum Gasteiger partial charge on any atom is 0.293 e. The molecule has 0 heterocycles. The number of hydrogen-bond donors (Lipinski definition) is 1. The Balaban J connectivity index is 2.01. The van der Waals surface area contributed by atoms with E-state index in [4.69, 9.17) is 0 Å². The summed E-state index contributed by atoms with van der Waals surface area (Å²) in [6.45, 7) is 5.68. The van der Waals surface area contributed by atoms with Crippen LogP contribution in [0.25, 0.3) is 0 Å². The van der Waals surface area contributed by atoms with Crippen LogP contribution < -0.4 is 5.32 Å².